The minimum Gasteiger partial charge on any atom is -0.466 e. The molecule has 1 fully saturated rings. The van der Waals surface area contributed by atoms with E-state index in [2.05, 4.69) is 25.2 Å². The summed E-state index contributed by atoms with van der Waals surface area (Å²) in [6.45, 7) is 10.8. The van der Waals surface area contributed by atoms with E-state index in [1.165, 1.54) is 0 Å². The van der Waals surface area contributed by atoms with Gasteiger partial charge in [0.1, 0.15) is 11.5 Å². The number of ether oxygens (including phenoxy) is 1. The molecule has 1 aromatic rings. The number of hydrogen-bond acceptors (Lipinski definition) is 4. The van der Waals surface area contributed by atoms with Crippen LogP contribution < -0.4 is 5.32 Å². The fourth-order valence-electron chi connectivity index (χ4n) is 2.86. The van der Waals surface area contributed by atoms with Gasteiger partial charge in [0.25, 0.3) is 0 Å². The van der Waals surface area contributed by atoms with Gasteiger partial charge in [0.05, 0.1) is 13.2 Å². The van der Waals surface area contributed by atoms with E-state index >= 15 is 0 Å². The molecule has 0 bridgehead atoms. The molecule has 21 heavy (non-hydrogen) atoms. The number of nitrogens with zero attached hydrogens (tertiary/aromatic N) is 1. The van der Waals surface area contributed by atoms with E-state index < -0.39 is 0 Å². The van der Waals surface area contributed by atoms with Crippen LogP contribution in [0.4, 0.5) is 0 Å². The van der Waals surface area contributed by atoms with Crippen molar-refractivity contribution in [3.8, 4) is 0 Å². The molecular weight excluding hydrogens is 268 g/mol. The molecule has 118 valence electrons. The molecule has 1 saturated heterocycles. The van der Waals surface area contributed by atoms with Crippen LogP contribution in [0.2, 0.25) is 0 Å². The molecule has 0 saturated carbocycles. The summed E-state index contributed by atoms with van der Waals surface area (Å²) in [5.41, 5.74) is 1.16. The van der Waals surface area contributed by atoms with Crippen molar-refractivity contribution >= 4 is 5.91 Å². The predicted octanol–water partition coefficient (Wildman–Crippen LogP) is 2.18. The number of aryl methyl sites for hydroxylation is 2. The molecule has 0 aromatic carbocycles. The number of carbonyl (C=O) groups is 1. The molecule has 2 atom stereocenters. The zero-order valence-corrected chi connectivity index (χ0v) is 13.4. The topological polar surface area (TPSA) is 54.7 Å². The lowest BCUT2D eigenvalue weighted by atomic mass is 10.1. The first-order chi connectivity index (χ1) is 9.97. The van der Waals surface area contributed by atoms with Gasteiger partial charge >= 0.3 is 0 Å². The van der Waals surface area contributed by atoms with E-state index in [1.807, 2.05) is 18.7 Å². The second-order valence-corrected chi connectivity index (χ2v) is 5.86. The summed E-state index contributed by atoms with van der Waals surface area (Å²) in [7, 11) is 0. The van der Waals surface area contributed by atoms with Crippen LogP contribution in [0, 0.1) is 13.8 Å². The molecule has 1 aliphatic heterocycles. The highest BCUT2D eigenvalue weighted by Gasteiger charge is 2.21. The van der Waals surface area contributed by atoms with Gasteiger partial charge in [-0.2, -0.15) is 0 Å². The molecule has 5 heteroatoms. The Hall–Kier alpha value is -1.33. The molecule has 1 aliphatic rings. The molecule has 0 unspecified atom stereocenters. The second-order valence-electron chi connectivity index (χ2n) is 5.86. The number of rotatable bonds is 5. The zero-order valence-electron chi connectivity index (χ0n) is 13.4. The van der Waals surface area contributed by atoms with Gasteiger partial charge in [0.15, 0.2) is 0 Å². The first kappa shape index (κ1) is 16.0. The maximum Gasteiger partial charge on any atom is 0.224 e. The predicted molar refractivity (Wildman–Crippen MR) is 81.2 cm³/mol. The van der Waals surface area contributed by atoms with Crippen LogP contribution in [-0.4, -0.2) is 43.2 Å². The molecule has 1 aromatic heterocycles. The Balaban J connectivity index is 1.84. The summed E-state index contributed by atoms with van der Waals surface area (Å²) in [6, 6.07) is 2.36. The summed E-state index contributed by atoms with van der Waals surface area (Å²) in [4.78, 5) is 14.1. The highest BCUT2D eigenvalue weighted by atomic mass is 16.5. The van der Waals surface area contributed by atoms with Crippen molar-refractivity contribution < 1.29 is 13.9 Å². The first-order valence-electron chi connectivity index (χ1n) is 7.66. The van der Waals surface area contributed by atoms with Gasteiger partial charge in [-0.15, -0.1) is 0 Å². The number of carbonyl (C=O) groups excluding carboxylic acids is 1. The Morgan fingerprint density at radius 2 is 2.00 bits per heavy atom. The van der Waals surface area contributed by atoms with Crippen LogP contribution in [0.1, 0.15) is 43.4 Å². The largest absolute Gasteiger partial charge is 0.466 e. The van der Waals surface area contributed by atoms with E-state index in [0.717, 1.165) is 17.1 Å². The third-order valence-electron chi connectivity index (χ3n) is 3.92. The maximum absolute atomic E-state index is 12.2. The number of morpholine rings is 1. The van der Waals surface area contributed by atoms with Crippen molar-refractivity contribution in [2.75, 3.05) is 26.3 Å². The van der Waals surface area contributed by atoms with Gasteiger partial charge in [0, 0.05) is 37.2 Å². The van der Waals surface area contributed by atoms with E-state index in [0.29, 0.717) is 32.7 Å². The molecule has 2 heterocycles. The van der Waals surface area contributed by atoms with Gasteiger partial charge in [-0.3, -0.25) is 4.79 Å². The standard InChI is InChI=1S/C16H26N2O3/c1-11(9-16(19)18-5-7-20-8-6-18)17-13(3)15-10-12(2)21-14(15)4/h10-11,13,17H,5-9H2,1-4H3/t11-,13-/m1/s1. The van der Waals surface area contributed by atoms with E-state index in [1.54, 1.807) is 0 Å². The van der Waals surface area contributed by atoms with Crippen molar-refractivity contribution in [1.29, 1.82) is 0 Å². The lowest BCUT2D eigenvalue weighted by molar-refractivity contribution is -0.135. The molecule has 2 rings (SSSR count). The van der Waals surface area contributed by atoms with Crippen molar-refractivity contribution in [3.05, 3.63) is 23.2 Å². The SMILES string of the molecule is Cc1cc([C@@H](C)N[C@H](C)CC(=O)N2CCOCC2)c(C)o1. The molecular formula is C16H26N2O3. The van der Waals surface area contributed by atoms with Gasteiger partial charge in [0.2, 0.25) is 5.91 Å². The number of amides is 1. The van der Waals surface area contributed by atoms with Crippen molar-refractivity contribution in [1.82, 2.24) is 10.2 Å². The third kappa shape index (κ3) is 4.32. The number of hydrogen-bond donors (Lipinski definition) is 1. The molecule has 0 radical (unpaired) electrons. The summed E-state index contributed by atoms with van der Waals surface area (Å²) in [5.74, 6) is 2.07. The average Bonchev–Trinajstić information content (AvgIpc) is 2.78. The summed E-state index contributed by atoms with van der Waals surface area (Å²) in [6.07, 6.45) is 0.514. The summed E-state index contributed by atoms with van der Waals surface area (Å²) < 4.78 is 10.8. The lowest BCUT2D eigenvalue weighted by Crippen LogP contribution is -2.43. The van der Waals surface area contributed by atoms with Crippen LogP contribution in [0.5, 0.6) is 0 Å². The van der Waals surface area contributed by atoms with Crippen LogP contribution in [0.25, 0.3) is 0 Å². The van der Waals surface area contributed by atoms with E-state index in [9.17, 15) is 4.79 Å². The Morgan fingerprint density at radius 3 is 2.57 bits per heavy atom. The molecule has 1 amide bonds. The van der Waals surface area contributed by atoms with Gasteiger partial charge < -0.3 is 19.4 Å². The summed E-state index contributed by atoms with van der Waals surface area (Å²) >= 11 is 0. The van der Waals surface area contributed by atoms with Crippen molar-refractivity contribution in [3.63, 3.8) is 0 Å². The fraction of sp³-hybridized carbons (Fsp3) is 0.688. The minimum atomic E-state index is 0.130. The van der Waals surface area contributed by atoms with Crippen LogP contribution in [-0.2, 0) is 9.53 Å². The minimum absolute atomic E-state index is 0.130. The smallest absolute Gasteiger partial charge is 0.224 e. The zero-order chi connectivity index (χ0) is 15.4. The highest BCUT2D eigenvalue weighted by molar-refractivity contribution is 5.76. The maximum atomic E-state index is 12.2. The average molecular weight is 294 g/mol. The molecule has 0 aliphatic carbocycles. The summed E-state index contributed by atoms with van der Waals surface area (Å²) in [5, 5.41) is 3.48. The molecule has 1 N–H and O–H groups in total. The first-order valence-corrected chi connectivity index (χ1v) is 7.66. The van der Waals surface area contributed by atoms with E-state index in [-0.39, 0.29) is 18.0 Å². The van der Waals surface area contributed by atoms with Crippen molar-refractivity contribution in [2.45, 2.75) is 46.2 Å². The Bertz CT molecular complexity index is 478. The van der Waals surface area contributed by atoms with Crippen molar-refractivity contribution in [2.24, 2.45) is 0 Å². The lowest BCUT2D eigenvalue weighted by Gasteiger charge is -2.28. The molecule has 0 spiro atoms. The van der Waals surface area contributed by atoms with E-state index in [4.69, 9.17) is 9.15 Å². The second kappa shape index (κ2) is 7.09. The Morgan fingerprint density at radius 1 is 1.33 bits per heavy atom. The highest BCUT2D eigenvalue weighted by Crippen LogP contribution is 2.21. The Labute approximate surface area is 126 Å². The quantitative estimate of drug-likeness (QED) is 0.904. The fourth-order valence-corrected chi connectivity index (χ4v) is 2.86. The normalized spacial score (nSPS) is 18.6. The van der Waals surface area contributed by atoms with Gasteiger partial charge in [-0.25, -0.2) is 0 Å². The number of furan rings is 1. The van der Waals surface area contributed by atoms with Crippen LogP contribution >= 0.6 is 0 Å². The monoisotopic (exact) mass is 294 g/mol. The molecule has 5 nitrogen and oxygen atoms in total. The van der Waals surface area contributed by atoms with Crippen LogP contribution in [0.3, 0.4) is 0 Å². The Kier molecular flexibility index (Phi) is 5.42. The van der Waals surface area contributed by atoms with Gasteiger partial charge in [-0.05, 0) is 33.8 Å². The third-order valence-corrected chi connectivity index (χ3v) is 3.92. The number of nitrogens with one attached hydrogen (secondary N) is 1. The van der Waals surface area contributed by atoms with Crippen LogP contribution in [0.15, 0.2) is 10.5 Å². The van der Waals surface area contributed by atoms with Gasteiger partial charge in [-0.1, -0.05) is 0 Å².